The Kier molecular flexibility index (Phi) is 1.76. The normalized spacial score (nSPS) is 24.3. The van der Waals surface area contributed by atoms with E-state index >= 15 is 0 Å². The van der Waals surface area contributed by atoms with Gasteiger partial charge in [-0.05, 0) is 46.3 Å². The van der Waals surface area contributed by atoms with Crippen molar-refractivity contribution in [2.75, 3.05) is 0 Å². The van der Waals surface area contributed by atoms with Gasteiger partial charge in [0.2, 0.25) is 0 Å². The predicted molar refractivity (Wildman–Crippen MR) is 61.1 cm³/mol. The van der Waals surface area contributed by atoms with Crippen LogP contribution in [0.5, 0.6) is 0 Å². The van der Waals surface area contributed by atoms with Crippen LogP contribution in [-0.4, -0.2) is 4.98 Å². The molecule has 0 bridgehead atoms. The molecule has 1 aromatic rings. The molecule has 1 aromatic heterocycles. The molecule has 2 saturated carbocycles. The third-order valence-electron chi connectivity index (χ3n) is 3.77. The van der Waals surface area contributed by atoms with Crippen molar-refractivity contribution in [3.63, 3.8) is 0 Å². The van der Waals surface area contributed by atoms with Crippen molar-refractivity contribution in [3.05, 3.63) is 39.9 Å². The zero-order valence-electron chi connectivity index (χ0n) is 8.33. The van der Waals surface area contributed by atoms with Crippen molar-refractivity contribution in [2.45, 2.75) is 31.2 Å². The smallest absolute Gasteiger partial charge is 0.260 e. The molecular formula is C12H11BrN2. The molecule has 0 N–H and O–H groups in total. The fourth-order valence-electron chi connectivity index (χ4n) is 2.72. The van der Waals surface area contributed by atoms with Gasteiger partial charge in [0.05, 0.1) is 5.56 Å². The highest BCUT2D eigenvalue weighted by Crippen LogP contribution is 2.69. The zero-order valence-corrected chi connectivity index (χ0v) is 9.92. The van der Waals surface area contributed by atoms with Crippen LogP contribution in [0.25, 0.3) is 4.85 Å². The Morgan fingerprint density at radius 1 is 1.33 bits per heavy atom. The maximum atomic E-state index is 7.39. The molecule has 2 aliphatic carbocycles. The SMILES string of the molecule is [C-]#[N+]C1(c2ccc(Br)nc2)CC2(CC2)C1. The van der Waals surface area contributed by atoms with E-state index in [-0.39, 0.29) is 5.54 Å². The highest BCUT2D eigenvalue weighted by Gasteiger charge is 2.66. The number of pyridine rings is 1. The van der Waals surface area contributed by atoms with E-state index < -0.39 is 0 Å². The predicted octanol–water partition coefficient (Wildman–Crippen LogP) is 3.53. The van der Waals surface area contributed by atoms with Crippen molar-refractivity contribution in [2.24, 2.45) is 5.41 Å². The number of nitrogens with zero attached hydrogens (tertiary/aromatic N) is 2. The summed E-state index contributed by atoms with van der Waals surface area (Å²) < 4.78 is 0.840. The molecule has 2 fully saturated rings. The monoisotopic (exact) mass is 262 g/mol. The van der Waals surface area contributed by atoms with Gasteiger partial charge in [-0.1, -0.05) is 0 Å². The van der Waals surface area contributed by atoms with E-state index in [1.54, 1.807) is 0 Å². The molecule has 2 nitrogen and oxygen atoms in total. The van der Waals surface area contributed by atoms with Crippen molar-refractivity contribution >= 4 is 15.9 Å². The number of aromatic nitrogens is 1. The lowest BCUT2D eigenvalue weighted by Crippen LogP contribution is -2.39. The zero-order chi connectivity index (χ0) is 10.5. The van der Waals surface area contributed by atoms with Crippen molar-refractivity contribution in [1.82, 2.24) is 4.98 Å². The van der Waals surface area contributed by atoms with Crippen LogP contribution in [-0.2, 0) is 5.54 Å². The van der Waals surface area contributed by atoms with Crippen LogP contribution in [0.4, 0.5) is 0 Å². The van der Waals surface area contributed by atoms with Crippen LogP contribution in [0, 0.1) is 12.0 Å². The molecule has 0 radical (unpaired) electrons. The molecule has 3 rings (SSSR count). The lowest BCUT2D eigenvalue weighted by molar-refractivity contribution is 0.163. The quantitative estimate of drug-likeness (QED) is 0.559. The molecule has 1 spiro atoms. The second-order valence-corrected chi connectivity index (χ2v) is 5.68. The maximum Gasteiger partial charge on any atom is 0.260 e. The Hall–Kier alpha value is -0.880. The molecule has 2 aliphatic rings. The number of hydrogen-bond acceptors (Lipinski definition) is 1. The molecule has 0 aromatic carbocycles. The largest absolute Gasteiger partial charge is 0.305 e. The van der Waals surface area contributed by atoms with Crippen LogP contribution >= 0.6 is 15.9 Å². The van der Waals surface area contributed by atoms with Gasteiger partial charge in [-0.2, -0.15) is 0 Å². The van der Waals surface area contributed by atoms with Gasteiger partial charge >= 0.3 is 0 Å². The lowest BCUT2D eigenvalue weighted by atomic mass is 9.63. The summed E-state index contributed by atoms with van der Waals surface area (Å²) in [6.07, 6.45) is 6.60. The Balaban J connectivity index is 1.92. The first-order valence-electron chi connectivity index (χ1n) is 5.19. The minimum absolute atomic E-state index is 0.246. The molecule has 76 valence electrons. The van der Waals surface area contributed by atoms with Gasteiger partial charge in [0.15, 0.2) is 0 Å². The molecule has 0 atom stereocenters. The van der Waals surface area contributed by atoms with Gasteiger partial charge in [-0.25, -0.2) is 11.6 Å². The van der Waals surface area contributed by atoms with E-state index in [0.29, 0.717) is 5.41 Å². The van der Waals surface area contributed by atoms with E-state index in [2.05, 4.69) is 25.8 Å². The summed E-state index contributed by atoms with van der Waals surface area (Å²) in [5.41, 5.74) is 1.40. The van der Waals surface area contributed by atoms with Crippen LogP contribution in [0.15, 0.2) is 22.9 Å². The topological polar surface area (TPSA) is 17.2 Å². The Labute approximate surface area is 97.7 Å². The number of hydrogen-bond donors (Lipinski definition) is 0. The minimum atomic E-state index is -0.246. The average Bonchev–Trinajstić information content (AvgIpc) is 2.96. The fraction of sp³-hybridized carbons (Fsp3) is 0.500. The van der Waals surface area contributed by atoms with E-state index in [1.165, 1.54) is 12.8 Å². The standard InChI is InChI=1S/C12H11BrN2/c1-14-12(7-11(8-12)4-5-11)9-2-3-10(13)15-6-9/h2-3,6H,4-5,7-8H2. The molecule has 0 aliphatic heterocycles. The fourth-order valence-corrected chi connectivity index (χ4v) is 2.95. The summed E-state index contributed by atoms with van der Waals surface area (Å²) in [6.45, 7) is 7.39. The third-order valence-corrected chi connectivity index (χ3v) is 4.24. The minimum Gasteiger partial charge on any atom is -0.305 e. The first-order valence-corrected chi connectivity index (χ1v) is 5.98. The van der Waals surface area contributed by atoms with Crippen LogP contribution in [0.1, 0.15) is 31.2 Å². The number of halogens is 1. The van der Waals surface area contributed by atoms with Gasteiger partial charge in [0.1, 0.15) is 4.60 Å². The molecule has 15 heavy (non-hydrogen) atoms. The van der Waals surface area contributed by atoms with Gasteiger partial charge in [-0.3, -0.25) is 0 Å². The lowest BCUT2D eigenvalue weighted by Gasteiger charge is -2.38. The first kappa shape index (κ1) is 9.35. The van der Waals surface area contributed by atoms with Crippen molar-refractivity contribution < 1.29 is 0 Å². The molecule has 1 heterocycles. The van der Waals surface area contributed by atoms with Crippen LogP contribution in [0.3, 0.4) is 0 Å². The van der Waals surface area contributed by atoms with Gasteiger partial charge < -0.3 is 4.85 Å². The Morgan fingerprint density at radius 3 is 2.53 bits per heavy atom. The molecular weight excluding hydrogens is 252 g/mol. The second-order valence-electron chi connectivity index (χ2n) is 4.87. The highest BCUT2D eigenvalue weighted by atomic mass is 79.9. The van der Waals surface area contributed by atoms with Crippen molar-refractivity contribution in [3.8, 4) is 0 Å². The Bertz CT molecular complexity index is 432. The summed E-state index contributed by atoms with van der Waals surface area (Å²) in [5.74, 6) is 0. The summed E-state index contributed by atoms with van der Waals surface area (Å²) in [6, 6.07) is 3.96. The van der Waals surface area contributed by atoms with E-state index in [0.717, 1.165) is 23.0 Å². The molecule has 0 saturated heterocycles. The van der Waals surface area contributed by atoms with Gasteiger partial charge in [-0.15, -0.1) is 0 Å². The second kappa shape index (κ2) is 2.82. The first-order chi connectivity index (χ1) is 7.18. The van der Waals surface area contributed by atoms with Gasteiger partial charge in [0.25, 0.3) is 5.54 Å². The Morgan fingerprint density at radius 2 is 2.07 bits per heavy atom. The summed E-state index contributed by atoms with van der Waals surface area (Å²) >= 11 is 3.32. The summed E-state index contributed by atoms with van der Waals surface area (Å²) in [5, 5.41) is 0. The molecule has 0 amide bonds. The van der Waals surface area contributed by atoms with E-state index in [9.17, 15) is 0 Å². The molecule has 3 heteroatoms. The van der Waals surface area contributed by atoms with E-state index in [4.69, 9.17) is 6.57 Å². The highest BCUT2D eigenvalue weighted by molar-refractivity contribution is 9.10. The summed E-state index contributed by atoms with van der Waals surface area (Å²) in [4.78, 5) is 8.07. The molecule has 0 unspecified atom stereocenters. The summed E-state index contributed by atoms with van der Waals surface area (Å²) in [7, 11) is 0. The third kappa shape index (κ3) is 1.32. The van der Waals surface area contributed by atoms with E-state index in [1.807, 2.05) is 18.3 Å². The maximum absolute atomic E-state index is 7.39. The van der Waals surface area contributed by atoms with Crippen molar-refractivity contribution in [1.29, 1.82) is 0 Å². The van der Waals surface area contributed by atoms with Crippen LogP contribution in [0.2, 0.25) is 0 Å². The van der Waals surface area contributed by atoms with Gasteiger partial charge in [0, 0.05) is 19.0 Å². The van der Waals surface area contributed by atoms with Crippen LogP contribution < -0.4 is 0 Å². The average molecular weight is 263 g/mol. The number of rotatable bonds is 1.